The van der Waals surface area contributed by atoms with Crippen LogP contribution in [0.25, 0.3) is 0 Å². The number of para-hydroxylation sites is 1. The van der Waals surface area contributed by atoms with Crippen LogP contribution in [-0.2, 0) is 6.54 Å². The topological polar surface area (TPSA) is 63.1 Å². The van der Waals surface area contributed by atoms with Crippen molar-refractivity contribution in [3.05, 3.63) is 59.6 Å². The summed E-state index contributed by atoms with van der Waals surface area (Å²) in [4.78, 5) is 23.6. The van der Waals surface area contributed by atoms with Crippen LogP contribution in [0.1, 0.15) is 21.8 Å². The minimum absolute atomic E-state index is 0.0617. The van der Waals surface area contributed by atoms with E-state index in [1.165, 1.54) is 11.3 Å². The highest BCUT2D eigenvalue weighted by Crippen LogP contribution is 2.30. The van der Waals surface area contributed by atoms with E-state index >= 15 is 0 Å². The zero-order chi connectivity index (χ0) is 17.6. The van der Waals surface area contributed by atoms with Gasteiger partial charge in [0.25, 0.3) is 5.91 Å². The van der Waals surface area contributed by atoms with E-state index in [0.29, 0.717) is 11.4 Å². The van der Waals surface area contributed by atoms with Crippen molar-refractivity contribution in [2.24, 2.45) is 0 Å². The van der Waals surface area contributed by atoms with Gasteiger partial charge in [-0.25, -0.2) is 9.97 Å². The number of hydrogen-bond donors (Lipinski definition) is 1. The van der Waals surface area contributed by atoms with Crippen LogP contribution < -0.4 is 10.2 Å². The van der Waals surface area contributed by atoms with Crippen molar-refractivity contribution in [3.8, 4) is 0 Å². The highest BCUT2D eigenvalue weighted by atomic mass is 32.1. The van der Waals surface area contributed by atoms with Crippen molar-refractivity contribution < 1.29 is 4.79 Å². The number of imidazole rings is 1. The van der Waals surface area contributed by atoms with Crippen LogP contribution in [0.2, 0.25) is 0 Å². The number of aromatic nitrogens is 3. The highest BCUT2D eigenvalue weighted by Gasteiger charge is 2.17. The van der Waals surface area contributed by atoms with Crippen molar-refractivity contribution in [1.29, 1.82) is 0 Å². The van der Waals surface area contributed by atoms with Crippen molar-refractivity contribution >= 4 is 28.1 Å². The standard InChI is InChI=1S/C18H21N5OS/c1-14-16(17(24)20-9-6-11-23-12-10-19-13-23)25-18(21-14)22(2)15-7-4-3-5-8-15/h3-5,7-8,10,12-13H,6,9,11H2,1-2H3,(H,20,24). The van der Waals surface area contributed by atoms with Gasteiger partial charge in [-0.2, -0.15) is 0 Å². The maximum atomic E-state index is 12.4. The Morgan fingerprint density at radius 1 is 1.32 bits per heavy atom. The van der Waals surface area contributed by atoms with Gasteiger partial charge in [0.2, 0.25) is 0 Å². The summed E-state index contributed by atoms with van der Waals surface area (Å²) >= 11 is 1.41. The lowest BCUT2D eigenvalue weighted by Crippen LogP contribution is -2.25. The summed E-state index contributed by atoms with van der Waals surface area (Å²) in [6, 6.07) is 9.99. The van der Waals surface area contributed by atoms with Gasteiger partial charge in [-0.1, -0.05) is 29.5 Å². The second-order valence-electron chi connectivity index (χ2n) is 5.72. The molecule has 1 aromatic carbocycles. The Bertz CT molecular complexity index is 813. The molecule has 6 nitrogen and oxygen atoms in total. The lowest BCUT2D eigenvalue weighted by Gasteiger charge is -2.15. The van der Waals surface area contributed by atoms with Gasteiger partial charge in [-0.05, 0) is 25.5 Å². The number of nitrogens with zero attached hydrogens (tertiary/aromatic N) is 4. The third-order valence-electron chi connectivity index (χ3n) is 3.86. The molecule has 0 bridgehead atoms. The second kappa shape index (κ2) is 7.94. The summed E-state index contributed by atoms with van der Waals surface area (Å²) in [6.45, 7) is 3.33. The molecule has 0 saturated carbocycles. The van der Waals surface area contributed by atoms with Crippen LogP contribution in [0.15, 0.2) is 49.1 Å². The van der Waals surface area contributed by atoms with Gasteiger partial charge < -0.3 is 14.8 Å². The van der Waals surface area contributed by atoms with Gasteiger partial charge in [-0.3, -0.25) is 4.79 Å². The molecule has 0 radical (unpaired) electrons. The third kappa shape index (κ3) is 4.24. The Balaban J connectivity index is 1.58. The fraction of sp³-hybridized carbons (Fsp3) is 0.278. The summed E-state index contributed by atoms with van der Waals surface area (Å²) in [5, 5.41) is 3.79. The smallest absolute Gasteiger partial charge is 0.263 e. The van der Waals surface area contributed by atoms with Crippen molar-refractivity contribution in [2.75, 3.05) is 18.5 Å². The summed E-state index contributed by atoms with van der Waals surface area (Å²) < 4.78 is 2.00. The van der Waals surface area contributed by atoms with Crippen LogP contribution >= 0.6 is 11.3 Å². The lowest BCUT2D eigenvalue weighted by atomic mass is 10.3. The zero-order valence-electron chi connectivity index (χ0n) is 14.3. The number of rotatable bonds is 7. The molecule has 0 fully saturated rings. The average molecular weight is 355 g/mol. The van der Waals surface area contributed by atoms with Gasteiger partial charge in [0.15, 0.2) is 5.13 Å². The summed E-state index contributed by atoms with van der Waals surface area (Å²) in [7, 11) is 1.96. The van der Waals surface area contributed by atoms with E-state index in [-0.39, 0.29) is 5.91 Å². The first-order chi connectivity index (χ1) is 12.1. The molecule has 2 aromatic heterocycles. The van der Waals surface area contributed by atoms with Crippen LogP contribution in [0.3, 0.4) is 0 Å². The van der Waals surface area contributed by atoms with E-state index in [0.717, 1.165) is 29.5 Å². The monoisotopic (exact) mass is 355 g/mol. The van der Waals surface area contributed by atoms with Gasteiger partial charge in [0, 0.05) is 38.2 Å². The molecule has 3 rings (SSSR count). The van der Waals surface area contributed by atoms with Crippen LogP contribution in [-0.4, -0.2) is 34.0 Å². The summed E-state index contributed by atoms with van der Waals surface area (Å²) in [6.07, 6.45) is 6.31. The van der Waals surface area contributed by atoms with Gasteiger partial charge >= 0.3 is 0 Å². The Hall–Kier alpha value is -2.67. The number of anilines is 2. The molecule has 2 heterocycles. The Kier molecular flexibility index (Phi) is 5.45. The fourth-order valence-electron chi connectivity index (χ4n) is 2.46. The van der Waals surface area contributed by atoms with Crippen LogP contribution in [0, 0.1) is 6.92 Å². The summed E-state index contributed by atoms with van der Waals surface area (Å²) in [5.74, 6) is -0.0617. The molecule has 1 N–H and O–H groups in total. The maximum Gasteiger partial charge on any atom is 0.263 e. The first kappa shape index (κ1) is 17.2. The van der Waals surface area contributed by atoms with E-state index in [1.807, 2.05) is 60.0 Å². The minimum atomic E-state index is -0.0617. The third-order valence-corrected chi connectivity index (χ3v) is 5.09. The number of carbonyl (C=O) groups is 1. The predicted molar refractivity (Wildman–Crippen MR) is 101 cm³/mol. The van der Waals surface area contributed by atoms with Crippen LogP contribution in [0.5, 0.6) is 0 Å². The van der Waals surface area contributed by atoms with Crippen molar-refractivity contribution in [1.82, 2.24) is 19.9 Å². The number of carbonyl (C=O) groups excluding carboxylic acids is 1. The Labute approximate surface area is 151 Å². The number of amides is 1. The molecule has 0 aliphatic carbocycles. The van der Waals surface area contributed by atoms with E-state index in [1.54, 1.807) is 12.5 Å². The molecule has 25 heavy (non-hydrogen) atoms. The predicted octanol–water partition coefficient (Wildman–Crippen LogP) is 3.24. The van der Waals surface area contributed by atoms with Gasteiger partial charge in [0.05, 0.1) is 12.0 Å². The number of aryl methyl sites for hydroxylation is 2. The zero-order valence-corrected chi connectivity index (χ0v) is 15.2. The Morgan fingerprint density at radius 3 is 2.84 bits per heavy atom. The van der Waals surface area contributed by atoms with E-state index in [9.17, 15) is 4.79 Å². The fourth-order valence-corrected chi connectivity index (χ4v) is 3.43. The molecule has 0 aliphatic rings. The molecule has 130 valence electrons. The first-order valence-electron chi connectivity index (χ1n) is 8.15. The molecule has 0 aliphatic heterocycles. The van der Waals surface area contributed by atoms with E-state index in [4.69, 9.17) is 0 Å². The molecule has 1 amide bonds. The number of nitrogens with one attached hydrogen (secondary N) is 1. The number of thiazole rings is 1. The first-order valence-corrected chi connectivity index (χ1v) is 8.97. The van der Waals surface area contributed by atoms with Crippen molar-refractivity contribution in [3.63, 3.8) is 0 Å². The molecule has 0 saturated heterocycles. The molecular weight excluding hydrogens is 334 g/mol. The van der Waals surface area contributed by atoms with Gasteiger partial charge in [0.1, 0.15) is 4.88 Å². The molecule has 0 spiro atoms. The van der Waals surface area contributed by atoms with Crippen molar-refractivity contribution in [2.45, 2.75) is 19.9 Å². The average Bonchev–Trinajstić information content (AvgIpc) is 3.28. The maximum absolute atomic E-state index is 12.4. The quantitative estimate of drug-likeness (QED) is 0.661. The minimum Gasteiger partial charge on any atom is -0.351 e. The second-order valence-corrected chi connectivity index (χ2v) is 6.69. The number of benzene rings is 1. The molecular formula is C18H21N5OS. The molecule has 0 atom stereocenters. The molecule has 3 aromatic rings. The van der Waals surface area contributed by atoms with Gasteiger partial charge in [-0.15, -0.1) is 0 Å². The normalized spacial score (nSPS) is 10.6. The highest BCUT2D eigenvalue weighted by molar-refractivity contribution is 7.17. The van der Waals surface area contributed by atoms with Crippen LogP contribution in [0.4, 0.5) is 10.8 Å². The number of hydrogen-bond acceptors (Lipinski definition) is 5. The SMILES string of the molecule is Cc1nc(N(C)c2ccccc2)sc1C(=O)NCCCn1ccnc1. The largest absolute Gasteiger partial charge is 0.351 e. The van der Waals surface area contributed by atoms with E-state index < -0.39 is 0 Å². The molecule has 7 heteroatoms. The summed E-state index contributed by atoms with van der Waals surface area (Å²) in [5.41, 5.74) is 1.80. The Morgan fingerprint density at radius 2 is 2.12 bits per heavy atom. The lowest BCUT2D eigenvalue weighted by molar-refractivity contribution is 0.0956. The van der Waals surface area contributed by atoms with E-state index in [2.05, 4.69) is 15.3 Å². The molecule has 0 unspecified atom stereocenters.